The van der Waals surface area contributed by atoms with Gasteiger partial charge in [0.2, 0.25) is 0 Å². The summed E-state index contributed by atoms with van der Waals surface area (Å²) in [5, 5.41) is 3.46. The Morgan fingerprint density at radius 1 is 1.19 bits per heavy atom. The van der Waals surface area contributed by atoms with E-state index in [1.807, 2.05) is 6.26 Å². The van der Waals surface area contributed by atoms with Gasteiger partial charge in [-0.05, 0) is 31.9 Å². The molecule has 16 heavy (non-hydrogen) atoms. The average Bonchev–Trinajstić information content (AvgIpc) is 2.75. The van der Waals surface area contributed by atoms with Gasteiger partial charge in [0, 0.05) is 11.6 Å². The fraction of sp³-hybridized carbons (Fsp3) is 0.714. The molecule has 0 radical (unpaired) electrons. The van der Waals surface area contributed by atoms with Gasteiger partial charge >= 0.3 is 0 Å². The molecule has 2 rings (SSSR count). The van der Waals surface area contributed by atoms with Crippen LogP contribution in [0.3, 0.4) is 0 Å². The molecule has 0 amide bonds. The standard InChI is InChI=1S/C14H23NO/c1-15-14(13-9-10-16-11-13)12-7-5-3-2-4-6-8-12/h9-12,14-15H,2-8H2,1H3. The van der Waals surface area contributed by atoms with Gasteiger partial charge in [-0.1, -0.05) is 32.1 Å². The van der Waals surface area contributed by atoms with Crippen molar-refractivity contribution in [3.8, 4) is 0 Å². The summed E-state index contributed by atoms with van der Waals surface area (Å²) in [6.45, 7) is 0. The number of furan rings is 1. The van der Waals surface area contributed by atoms with Crippen LogP contribution in [0.2, 0.25) is 0 Å². The highest BCUT2D eigenvalue weighted by Gasteiger charge is 2.22. The molecule has 1 saturated carbocycles. The summed E-state index contributed by atoms with van der Waals surface area (Å²) in [4.78, 5) is 0. The van der Waals surface area contributed by atoms with Crippen LogP contribution in [0.5, 0.6) is 0 Å². The minimum atomic E-state index is 0.483. The van der Waals surface area contributed by atoms with Crippen LogP contribution in [0.4, 0.5) is 0 Å². The molecule has 2 nitrogen and oxygen atoms in total. The van der Waals surface area contributed by atoms with Crippen LogP contribution >= 0.6 is 0 Å². The van der Waals surface area contributed by atoms with Crippen molar-refractivity contribution in [1.29, 1.82) is 0 Å². The van der Waals surface area contributed by atoms with Gasteiger partial charge in [0.15, 0.2) is 0 Å². The summed E-state index contributed by atoms with van der Waals surface area (Å²) < 4.78 is 5.20. The Hall–Kier alpha value is -0.760. The van der Waals surface area contributed by atoms with E-state index in [2.05, 4.69) is 18.4 Å². The van der Waals surface area contributed by atoms with E-state index in [0.29, 0.717) is 6.04 Å². The molecular weight excluding hydrogens is 198 g/mol. The zero-order valence-electron chi connectivity index (χ0n) is 10.2. The smallest absolute Gasteiger partial charge is 0.0950 e. The van der Waals surface area contributed by atoms with Crippen molar-refractivity contribution in [2.45, 2.75) is 51.0 Å². The van der Waals surface area contributed by atoms with E-state index < -0.39 is 0 Å². The summed E-state index contributed by atoms with van der Waals surface area (Å²) >= 11 is 0. The lowest BCUT2D eigenvalue weighted by Gasteiger charge is -2.27. The van der Waals surface area contributed by atoms with Gasteiger partial charge in [0.25, 0.3) is 0 Å². The van der Waals surface area contributed by atoms with Crippen LogP contribution in [0.25, 0.3) is 0 Å². The van der Waals surface area contributed by atoms with Crippen LogP contribution in [-0.4, -0.2) is 7.05 Å². The first-order valence-corrected chi connectivity index (χ1v) is 6.61. The highest BCUT2D eigenvalue weighted by molar-refractivity contribution is 5.12. The van der Waals surface area contributed by atoms with Gasteiger partial charge in [-0.3, -0.25) is 0 Å². The first-order chi connectivity index (χ1) is 7.92. The van der Waals surface area contributed by atoms with Gasteiger partial charge in [0.1, 0.15) is 0 Å². The third-order valence-electron chi connectivity index (χ3n) is 3.83. The Kier molecular flexibility index (Phi) is 4.46. The molecule has 0 aliphatic heterocycles. The van der Waals surface area contributed by atoms with Crippen molar-refractivity contribution in [3.63, 3.8) is 0 Å². The Bertz CT molecular complexity index is 273. The number of hydrogen-bond acceptors (Lipinski definition) is 2. The Morgan fingerprint density at radius 2 is 1.88 bits per heavy atom. The SMILES string of the molecule is CNC(c1ccoc1)C1CCCCCCC1. The maximum Gasteiger partial charge on any atom is 0.0950 e. The summed E-state index contributed by atoms with van der Waals surface area (Å²) in [5.41, 5.74) is 1.31. The van der Waals surface area contributed by atoms with Gasteiger partial charge in [-0.15, -0.1) is 0 Å². The Labute approximate surface area is 98.4 Å². The van der Waals surface area contributed by atoms with Crippen molar-refractivity contribution in [2.24, 2.45) is 5.92 Å². The molecule has 0 spiro atoms. The summed E-state index contributed by atoms with van der Waals surface area (Å²) in [6, 6.07) is 2.58. The molecule has 1 unspecified atom stereocenters. The predicted octanol–water partition coefficient (Wildman–Crippen LogP) is 3.90. The van der Waals surface area contributed by atoms with Crippen LogP contribution in [0, 0.1) is 5.92 Å². The maximum absolute atomic E-state index is 5.20. The van der Waals surface area contributed by atoms with E-state index in [9.17, 15) is 0 Å². The largest absolute Gasteiger partial charge is 0.472 e. The second kappa shape index (κ2) is 6.09. The third kappa shape index (κ3) is 2.88. The van der Waals surface area contributed by atoms with E-state index in [-0.39, 0.29) is 0 Å². The molecule has 0 bridgehead atoms. The van der Waals surface area contributed by atoms with E-state index >= 15 is 0 Å². The molecule has 2 heteroatoms. The molecule has 1 aliphatic rings. The molecule has 1 fully saturated rings. The Balaban J connectivity index is 2.01. The maximum atomic E-state index is 5.20. The number of hydrogen-bond donors (Lipinski definition) is 1. The highest BCUT2D eigenvalue weighted by atomic mass is 16.3. The quantitative estimate of drug-likeness (QED) is 0.837. The van der Waals surface area contributed by atoms with Crippen LogP contribution < -0.4 is 5.32 Å². The predicted molar refractivity (Wildman–Crippen MR) is 66.3 cm³/mol. The fourth-order valence-electron chi connectivity index (χ4n) is 2.95. The van der Waals surface area contributed by atoms with E-state index in [1.54, 1.807) is 6.26 Å². The normalized spacial score (nSPS) is 21.3. The lowest BCUT2D eigenvalue weighted by Crippen LogP contribution is -2.25. The molecular formula is C14H23NO. The molecule has 1 N–H and O–H groups in total. The van der Waals surface area contributed by atoms with Gasteiger partial charge in [-0.25, -0.2) is 0 Å². The van der Waals surface area contributed by atoms with E-state index in [0.717, 1.165) is 5.92 Å². The minimum Gasteiger partial charge on any atom is -0.472 e. The monoisotopic (exact) mass is 221 g/mol. The van der Waals surface area contributed by atoms with Gasteiger partial charge in [0.05, 0.1) is 12.5 Å². The van der Waals surface area contributed by atoms with Gasteiger partial charge < -0.3 is 9.73 Å². The minimum absolute atomic E-state index is 0.483. The van der Waals surface area contributed by atoms with Crippen LogP contribution in [-0.2, 0) is 0 Å². The second-order valence-corrected chi connectivity index (χ2v) is 4.93. The zero-order valence-corrected chi connectivity index (χ0v) is 10.2. The van der Waals surface area contributed by atoms with Crippen molar-refractivity contribution in [1.82, 2.24) is 5.32 Å². The first-order valence-electron chi connectivity index (χ1n) is 6.61. The van der Waals surface area contributed by atoms with Crippen molar-refractivity contribution in [2.75, 3.05) is 7.05 Å². The zero-order chi connectivity index (χ0) is 11.2. The van der Waals surface area contributed by atoms with Crippen molar-refractivity contribution in [3.05, 3.63) is 24.2 Å². The first kappa shape index (κ1) is 11.7. The summed E-state index contributed by atoms with van der Waals surface area (Å²) in [5.74, 6) is 0.780. The van der Waals surface area contributed by atoms with Crippen LogP contribution in [0.1, 0.15) is 56.6 Å². The molecule has 1 aromatic rings. The lowest BCUT2D eigenvalue weighted by molar-refractivity contribution is 0.298. The third-order valence-corrected chi connectivity index (χ3v) is 3.83. The fourth-order valence-corrected chi connectivity index (χ4v) is 2.95. The number of rotatable bonds is 3. The lowest BCUT2D eigenvalue weighted by atomic mass is 9.83. The van der Waals surface area contributed by atoms with E-state index in [4.69, 9.17) is 4.42 Å². The number of nitrogens with one attached hydrogen (secondary N) is 1. The Morgan fingerprint density at radius 3 is 2.44 bits per heavy atom. The molecule has 1 aromatic heterocycles. The van der Waals surface area contributed by atoms with Gasteiger partial charge in [-0.2, -0.15) is 0 Å². The highest BCUT2D eigenvalue weighted by Crippen LogP contribution is 2.32. The van der Waals surface area contributed by atoms with Crippen molar-refractivity contribution >= 4 is 0 Å². The topological polar surface area (TPSA) is 25.2 Å². The molecule has 1 atom stereocenters. The molecule has 0 aromatic carbocycles. The molecule has 90 valence electrons. The van der Waals surface area contributed by atoms with Crippen LogP contribution in [0.15, 0.2) is 23.0 Å². The average molecular weight is 221 g/mol. The summed E-state index contributed by atoms with van der Waals surface area (Å²) in [6.07, 6.45) is 13.4. The molecule has 1 aliphatic carbocycles. The molecule has 1 heterocycles. The van der Waals surface area contributed by atoms with Crippen molar-refractivity contribution < 1.29 is 4.42 Å². The summed E-state index contributed by atoms with van der Waals surface area (Å²) in [7, 11) is 2.07. The van der Waals surface area contributed by atoms with E-state index in [1.165, 1.54) is 50.5 Å². The second-order valence-electron chi connectivity index (χ2n) is 4.93. The molecule has 0 saturated heterocycles.